The summed E-state index contributed by atoms with van der Waals surface area (Å²) < 4.78 is 0. The summed E-state index contributed by atoms with van der Waals surface area (Å²) in [6.07, 6.45) is 0. The number of carbonyl (C=O) groups excluding carboxylic acids is 2. The summed E-state index contributed by atoms with van der Waals surface area (Å²) in [5.74, 6) is -0.0317. The molecule has 1 aromatic rings. The number of rotatable bonds is 1. The SMILES string of the molecule is Cc1ccccc1C1NC(=O)NC2=C1C(=O)N(C)C2. The molecule has 3 amide bonds. The Hall–Kier alpha value is -2.30. The van der Waals surface area contributed by atoms with Crippen molar-refractivity contribution < 1.29 is 9.59 Å². The maximum Gasteiger partial charge on any atom is 0.319 e. The van der Waals surface area contributed by atoms with Crippen LogP contribution < -0.4 is 10.6 Å². The molecule has 0 bridgehead atoms. The van der Waals surface area contributed by atoms with Crippen LogP contribution in [0.5, 0.6) is 0 Å². The lowest BCUT2D eigenvalue weighted by molar-refractivity contribution is -0.124. The number of amides is 3. The lowest BCUT2D eigenvalue weighted by Gasteiger charge is -2.26. The Morgan fingerprint density at radius 1 is 1.26 bits per heavy atom. The van der Waals surface area contributed by atoms with Gasteiger partial charge >= 0.3 is 6.03 Å². The van der Waals surface area contributed by atoms with Crippen LogP contribution in [0.3, 0.4) is 0 Å². The van der Waals surface area contributed by atoms with Crippen molar-refractivity contribution >= 4 is 11.9 Å². The molecule has 2 aliphatic rings. The van der Waals surface area contributed by atoms with Gasteiger partial charge < -0.3 is 15.5 Å². The Balaban J connectivity index is 2.10. The number of urea groups is 1. The lowest BCUT2D eigenvalue weighted by Crippen LogP contribution is -2.44. The Morgan fingerprint density at radius 3 is 2.74 bits per heavy atom. The highest BCUT2D eigenvalue weighted by Crippen LogP contribution is 2.32. The van der Waals surface area contributed by atoms with Crippen LogP contribution in [0.4, 0.5) is 4.79 Å². The molecule has 0 aromatic heterocycles. The van der Waals surface area contributed by atoms with Crippen LogP contribution in [0.25, 0.3) is 0 Å². The Labute approximate surface area is 111 Å². The van der Waals surface area contributed by atoms with Gasteiger partial charge in [-0.2, -0.15) is 0 Å². The lowest BCUT2D eigenvalue weighted by atomic mass is 9.93. The number of likely N-dealkylation sites (N-methyl/N-ethyl adjacent to an activating group) is 1. The van der Waals surface area contributed by atoms with Crippen molar-refractivity contribution in [3.05, 3.63) is 46.7 Å². The van der Waals surface area contributed by atoms with E-state index in [0.29, 0.717) is 17.8 Å². The first-order chi connectivity index (χ1) is 9.08. The number of hydrogen-bond acceptors (Lipinski definition) is 2. The summed E-state index contributed by atoms with van der Waals surface area (Å²) >= 11 is 0. The molecule has 2 N–H and O–H groups in total. The van der Waals surface area contributed by atoms with Crippen LogP contribution in [-0.2, 0) is 4.79 Å². The Kier molecular flexibility index (Phi) is 2.55. The molecule has 2 aliphatic heterocycles. The van der Waals surface area contributed by atoms with Crippen LogP contribution in [0.2, 0.25) is 0 Å². The van der Waals surface area contributed by atoms with Gasteiger partial charge in [0.05, 0.1) is 23.9 Å². The highest BCUT2D eigenvalue weighted by atomic mass is 16.2. The first-order valence-electron chi connectivity index (χ1n) is 6.19. The van der Waals surface area contributed by atoms with Crippen LogP contribution >= 0.6 is 0 Å². The molecule has 2 heterocycles. The Bertz CT molecular complexity index is 606. The number of nitrogens with zero attached hydrogens (tertiary/aromatic N) is 1. The van der Waals surface area contributed by atoms with Crippen molar-refractivity contribution in [1.29, 1.82) is 0 Å². The van der Waals surface area contributed by atoms with Crippen LogP contribution in [0.1, 0.15) is 17.2 Å². The third kappa shape index (κ3) is 1.78. The van der Waals surface area contributed by atoms with E-state index in [0.717, 1.165) is 11.1 Å². The standard InChI is InChI=1S/C14H15N3O2/c1-8-5-3-4-6-9(8)12-11-10(15-14(19)16-12)7-17(2)13(11)18/h3-6,12H,7H2,1-2H3,(H2,15,16,19). The third-order valence-corrected chi connectivity index (χ3v) is 3.63. The van der Waals surface area contributed by atoms with Crippen LogP contribution in [0, 0.1) is 6.92 Å². The fourth-order valence-electron chi connectivity index (χ4n) is 2.65. The van der Waals surface area contributed by atoms with E-state index in [2.05, 4.69) is 10.6 Å². The largest absolute Gasteiger partial charge is 0.336 e. The van der Waals surface area contributed by atoms with Gasteiger partial charge in [-0.05, 0) is 18.1 Å². The minimum absolute atomic E-state index is 0.0317. The molecule has 0 saturated carbocycles. The summed E-state index contributed by atoms with van der Waals surface area (Å²) in [5, 5.41) is 5.57. The molecule has 0 aliphatic carbocycles. The van der Waals surface area contributed by atoms with Crippen LogP contribution in [-0.4, -0.2) is 30.4 Å². The average Bonchev–Trinajstić information content (AvgIpc) is 2.64. The first kappa shape index (κ1) is 11.8. The molecule has 0 fully saturated rings. The maximum absolute atomic E-state index is 12.2. The normalized spacial score (nSPS) is 22.2. The number of hydrogen-bond donors (Lipinski definition) is 2. The third-order valence-electron chi connectivity index (χ3n) is 3.63. The predicted octanol–water partition coefficient (Wildman–Crippen LogP) is 1.08. The number of carbonyl (C=O) groups is 2. The highest BCUT2D eigenvalue weighted by Gasteiger charge is 2.39. The fraction of sp³-hybridized carbons (Fsp3) is 0.286. The van der Waals surface area contributed by atoms with E-state index in [9.17, 15) is 9.59 Å². The molecule has 5 nitrogen and oxygen atoms in total. The fourth-order valence-corrected chi connectivity index (χ4v) is 2.65. The number of nitrogens with one attached hydrogen (secondary N) is 2. The molecule has 5 heteroatoms. The molecule has 1 aromatic carbocycles. The second-order valence-corrected chi connectivity index (χ2v) is 4.94. The van der Waals surface area contributed by atoms with Crippen LogP contribution in [0.15, 0.2) is 35.5 Å². The van der Waals surface area contributed by atoms with E-state index in [1.807, 2.05) is 31.2 Å². The van der Waals surface area contributed by atoms with Gasteiger partial charge in [0, 0.05) is 7.05 Å². The molecular formula is C14H15N3O2. The summed E-state index contributed by atoms with van der Waals surface area (Å²) in [7, 11) is 1.74. The van der Waals surface area contributed by atoms with Crippen molar-refractivity contribution in [2.24, 2.45) is 0 Å². The van der Waals surface area contributed by atoms with E-state index < -0.39 is 0 Å². The summed E-state index contributed by atoms with van der Waals surface area (Å²) in [4.78, 5) is 25.6. The Morgan fingerprint density at radius 2 is 2.00 bits per heavy atom. The second kappa shape index (κ2) is 4.12. The molecule has 0 saturated heterocycles. The van der Waals surface area contributed by atoms with Gasteiger partial charge in [-0.3, -0.25) is 4.79 Å². The minimum atomic E-state index is -0.359. The molecule has 0 spiro atoms. The highest BCUT2D eigenvalue weighted by molar-refractivity contribution is 6.01. The van der Waals surface area contributed by atoms with Gasteiger partial charge in [-0.1, -0.05) is 24.3 Å². The van der Waals surface area contributed by atoms with E-state index in [4.69, 9.17) is 0 Å². The van der Waals surface area contributed by atoms with Crippen molar-refractivity contribution in [2.45, 2.75) is 13.0 Å². The van der Waals surface area contributed by atoms with Gasteiger partial charge in [0.15, 0.2) is 0 Å². The molecule has 1 atom stereocenters. The van der Waals surface area contributed by atoms with Crippen molar-refractivity contribution in [3.63, 3.8) is 0 Å². The summed E-state index contributed by atoms with van der Waals surface area (Å²) in [5.41, 5.74) is 3.39. The molecular weight excluding hydrogens is 242 g/mol. The van der Waals surface area contributed by atoms with Gasteiger partial charge in [0.25, 0.3) is 5.91 Å². The topological polar surface area (TPSA) is 61.4 Å². The average molecular weight is 257 g/mol. The quantitative estimate of drug-likeness (QED) is 0.790. The molecule has 19 heavy (non-hydrogen) atoms. The van der Waals surface area contributed by atoms with Gasteiger partial charge in [0.1, 0.15) is 0 Å². The van der Waals surface area contributed by atoms with Gasteiger partial charge in [0.2, 0.25) is 0 Å². The van der Waals surface area contributed by atoms with E-state index >= 15 is 0 Å². The zero-order valence-corrected chi connectivity index (χ0v) is 10.9. The molecule has 3 rings (SSSR count). The van der Waals surface area contributed by atoms with Gasteiger partial charge in [-0.25, -0.2) is 4.79 Å². The summed E-state index contributed by atoms with van der Waals surface area (Å²) in [6.45, 7) is 2.44. The van der Waals surface area contributed by atoms with Gasteiger partial charge in [-0.15, -0.1) is 0 Å². The van der Waals surface area contributed by atoms with Crippen molar-refractivity contribution in [2.75, 3.05) is 13.6 Å². The predicted molar refractivity (Wildman–Crippen MR) is 70.3 cm³/mol. The first-order valence-corrected chi connectivity index (χ1v) is 6.19. The minimum Gasteiger partial charge on any atom is -0.336 e. The van der Waals surface area contributed by atoms with Crippen molar-refractivity contribution in [1.82, 2.24) is 15.5 Å². The number of aryl methyl sites for hydroxylation is 1. The zero-order valence-electron chi connectivity index (χ0n) is 10.9. The van der Waals surface area contributed by atoms with E-state index in [1.54, 1.807) is 11.9 Å². The van der Waals surface area contributed by atoms with Crippen molar-refractivity contribution in [3.8, 4) is 0 Å². The smallest absolute Gasteiger partial charge is 0.319 e. The summed E-state index contributed by atoms with van der Waals surface area (Å²) in [6, 6.07) is 7.17. The number of benzene rings is 1. The molecule has 1 unspecified atom stereocenters. The molecule has 0 radical (unpaired) electrons. The molecule has 98 valence electrons. The second-order valence-electron chi connectivity index (χ2n) is 4.94. The van der Waals surface area contributed by atoms with E-state index in [1.165, 1.54) is 0 Å². The maximum atomic E-state index is 12.2. The van der Waals surface area contributed by atoms with E-state index in [-0.39, 0.29) is 18.0 Å². The monoisotopic (exact) mass is 257 g/mol. The zero-order chi connectivity index (χ0) is 13.6.